The highest BCUT2D eigenvalue weighted by atomic mass is 79.9. The SMILES string of the molecule is CCCCCCCCCCCCCC[C@@H](O)[C@@H](O)[C@H](CO[C@H]1OC(CO)[C@H](O)[C@H](O)C1O)NC(=O)CCCCCCCCCCCNC(=O)CCCCBr. The number of carbonyl (C=O) groups excluding carboxylic acids is 2. The summed E-state index contributed by atoms with van der Waals surface area (Å²) in [6.45, 7) is 2.04. The van der Waals surface area contributed by atoms with E-state index in [1.54, 1.807) is 0 Å². The van der Waals surface area contributed by atoms with Crippen molar-refractivity contribution in [1.29, 1.82) is 0 Å². The van der Waals surface area contributed by atoms with Crippen molar-refractivity contribution in [1.82, 2.24) is 10.6 Å². The van der Waals surface area contributed by atoms with Gasteiger partial charge in [-0.3, -0.25) is 9.59 Å². The zero-order valence-corrected chi connectivity index (χ0v) is 35.1. The van der Waals surface area contributed by atoms with Crippen LogP contribution in [0.3, 0.4) is 0 Å². The molecule has 1 rings (SSSR count). The first kappa shape index (κ1) is 51.1. The molecule has 0 aliphatic carbocycles. The van der Waals surface area contributed by atoms with Gasteiger partial charge in [-0.25, -0.2) is 0 Å². The van der Waals surface area contributed by atoms with Crippen molar-refractivity contribution < 1.29 is 49.7 Å². The smallest absolute Gasteiger partial charge is 0.220 e. The molecule has 2 unspecified atom stereocenters. The summed E-state index contributed by atoms with van der Waals surface area (Å²) in [5, 5.41) is 68.9. The van der Waals surface area contributed by atoms with E-state index >= 15 is 0 Å². The lowest BCUT2D eigenvalue weighted by molar-refractivity contribution is -0.303. The first-order valence-electron chi connectivity index (χ1n) is 21.6. The van der Waals surface area contributed by atoms with Crippen LogP contribution >= 0.6 is 15.9 Å². The maximum Gasteiger partial charge on any atom is 0.220 e. The molecule has 320 valence electrons. The van der Waals surface area contributed by atoms with Crippen LogP contribution in [0.1, 0.15) is 174 Å². The largest absolute Gasteiger partial charge is 0.394 e. The maximum atomic E-state index is 13.0. The number of hydrogen-bond donors (Lipinski definition) is 8. The third kappa shape index (κ3) is 24.7. The van der Waals surface area contributed by atoms with Gasteiger partial charge < -0.3 is 50.7 Å². The van der Waals surface area contributed by atoms with E-state index < -0.39 is 55.6 Å². The maximum absolute atomic E-state index is 13.0. The van der Waals surface area contributed by atoms with E-state index in [0.29, 0.717) is 19.3 Å². The van der Waals surface area contributed by atoms with Crippen molar-refractivity contribution in [3.8, 4) is 0 Å². The predicted molar refractivity (Wildman–Crippen MR) is 216 cm³/mol. The highest BCUT2D eigenvalue weighted by Crippen LogP contribution is 2.23. The average Bonchev–Trinajstić information content (AvgIpc) is 3.16. The van der Waals surface area contributed by atoms with Gasteiger partial charge in [0.2, 0.25) is 11.8 Å². The molecule has 54 heavy (non-hydrogen) atoms. The molecule has 1 heterocycles. The lowest BCUT2D eigenvalue weighted by atomic mass is 9.98. The minimum absolute atomic E-state index is 0.139. The van der Waals surface area contributed by atoms with Gasteiger partial charge in [0.15, 0.2) is 6.29 Å². The van der Waals surface area contributed by atoms with E-state index in [2.05, 4.69) is 33.5 Å². The fourth-order valence-corrected chi connectivity index (χ4v) is 7.28. The molecule has 1 fully saturated rings. The summed E-state index contributed by atoms with van der Waals surface area (Å²) in [7, 11) is 0. The van der Waals surface area contributed by atoms with Crippen LogP contribution in [0.2, 0.25) is 0 Å². The minimum Gasteiger partial charge on any atom is -0.394 e. The van der Waals surface area contributed by atoms with Crippen LogP contribution in [0.25, 0.3) is 0 Å². The predicted octanol–water partition coefficient (Wildman–Crippen LogP) is 5.68. The molecule has 0 aromatic rings. The second-order valence-corrected chi connectivity index (χ2v) is 16.2. The van der Waals surface area contributed by atoms with Crippen molar-refractivity contribution in [3.63, 3.8) is 0 Å². The summed E-state index contributed by atoms with van der Waals surface area (Å²) in [6.07, 6.45) is 16.8. The Kier molecular flexibility index (Phi) is 32.3. The van der Waals surface area contributed by atoms with Gasteiger partial charge in [0.1, 0.15) is 30.5 Å². The van der Waals surface area contributed by atoms with Gasteiger partial charge in [-0.05, 0) is 32.1 Å². The molecule has 0 bridgehead atoms. The van der Waals surface area contributed by atoms with Crippen molar-refractivity contribution in [2.24, 2.45) is 0 Å². The number of ether oxygens (including phenoxy) is 2. The highest BCUT2D eigenvalue weighted by molar-refractivity contribution is 9.09. The number of alkyl halides is 1. The molecule has 0 saturated carbocycles. The number of hydrogen-bond acceptors (Lipinski definition) is 10. The Morgan fingerprint density at radius 1 is 0.667 bits per heavy atom. The van der Waals surface area contributed by atoms with Crippen LogP contribution in [0, 0.1) is 0 Å². The monoisotopic (exact) mass is 838 g/mol. The van der Waals surface area contributed by atoms with E-state index in [4.69, 9.17) is 9.47 Å². The Balaban J connectivity index is 2.41. The number of nitrogens with one attached hydrogen (secondary N) is 2. The molecule has 8 atom stereocenters. The van der Waals surface area contributed by atoms with Crippen molar-refractivity contribution in [2.75, 3.05) is 25.1 Å². The zero-order chi connectivity index (χ0) is 39.8. The first-order chi connectivity index (χ1) is 26.2. The van der Waals surface area contributed by atoms with Gasteiger partial charge in [0, 0.05) is 24.7 Å². The summed E-state index contributed by atoms with van der Waals surface area (Å²) in [5.41, 5.74) is 0. The Bertz CT molecular complexity index is 904. The molecule has 0 spiro atoms. The van der Waals surface area contributed by atoms with Crippen molar-refractivity contribution >= 4 is 27.7 Å². The second kappa shape index (κ2) is 34.2. The second-order valence-electron chi connectivity index (χ2n) is 15.4. The Labute approximate surface area is 335 Å². The third-order valence-corrected chi connectivity index (χ3v) is 11.0. The van der Waals surface area contributed by atoms with Crippen LogP contribution in [0.4, 0.5) is 0 Å². The molecule has 0 aromatic heterocycles. The van der Waals surface area contributed by atoms with Gasteiger partial charge in [-0.1, -0.05) is 145 Å². The molecule has 1 saturated heterocycles. The van der Waals surface area contributed by atoms with E-state index in [1.165, 1.54) is 51.4 Å². The van der Waals surface area contributed by atoms with E-state index in [1.807, 2.05) is 0 Å². The van der Waals surface area contributed by atoms with Crippen LogP contribution in [0.5, 0.6) is 0 Å². The van der Waals surface area contributed by atoms with Gasteiger partial charge >= 0.3 is 0 Å². The standard InChI is InChI=1S/C41H79BrN2O10/c1-2-3-4-5-6-7-8-9-11-14-17-20-25-33(46)37(49)32(31-53-41-40(52)39(51)38(50)34(30-45)54-41)44-36(48)27-21-18-15-12-10-13-16-19-24-29-43-35(47)26-22-23-28-42/h32-34,37-41,45-46,49-52H,2-31H2,1H3,(H,43,47)(H,44,48)/t32-,33+,34?,37-,38-,39-,40?,41-/m0/s1. The van der Waals surface area contributed by atoms with Gasteiger partial charge in [0.05, 0.1) is 25.4 Å². The summed E-state index contributed by atoms with van der Waals surface area (Å²) in [6, 6.07) is -1.01. The third-order valence-electron chi connectivity index (χ3n) is 10.5. The van der Waals surface area contributed by atoms with Crippen molar-refractivity contribution in [3.05, 3.63) is 0 Å². The molecule has 1 aliphatic heterocycles. The lowest BCUT2D eigenvalue weighted by Gasteiger charge is -2.40. The van der Waals surface area contributed by atoms with Crippen LogP contribution in [0.15, 0.2) is 0 Å². The van der Waals surface area contributed by atoms with Gasteiger partial charge in [-0.2, -0.15) is 0 Å². The van der Waals surface area contributed by atoms with Crippen molar-refractivity contribution in [2.45, 2.75) is 223 Å². The average molecular weight is 840 g/mol. The molecule has 13 heteroatoms. The molecule has 2 amide bonds. The molecular formula is C41H79BrN2O10. The number of rotatable bonds is 36. The van der Waals surface area contributed by atoms with E-state index in [9.17, 15) is 40.2 Å². The molecule has 0 radical (unpaired) electrons. The zero-order valence-electron chi connectivity index (χ0n) is 33.5. The molecule has 12 nitrogen and oxygen atoms in total. The number of aliphatic hydroxyl groups excluding tert-OH is 6. The first-order valence-corrected chi connectivity index (χ1v) is 22.7. The number of unbranched alkanes of at least 4 members (excludes halogenated alkanes) is 20. The Morgan fingerprint density at radius 3 is 1.72 bits per heavy atom. The van der Waals surface area contributed by atoms with Crippen LogP contribution in [-0.2, 0) is 19.1 Å². The van der Waals surface area contributed by atoms with E-state index in [-0.39, 0.29) is 24.8 Å². The van der Waals surface area contributed by atoms with Crippen LogP contribution in [-0.4, -0.2) is 116 Å². The van der Waals surface area contributed by atoms with Gasteiger partial charge in [-0.15, -0.1) is 0 Å². The number of aliphatic hydroxyl groups is 6. The van der Waals surface area contributed by atoms with E-state index in [0.717, 1.165) is 102 Å². The molecular weight excluding hydrogens is 760 g/mol. The lowest BCUT2D eigenvalue weighted by Crippen LogP contribution is -2.60. The number of carbonyl (C=O) groups is 2. The minimum atomic E-state index is -1.62. The quantitative estimate of drug-likeness (QED) is 0.0287. The Hall–Kier alpha value is -0.900. The fraction of sp³-hybridized carbons (Fsp3) is 0.951. The Morgan fingerprint density at radius 2 is 1.17 bits per heavy atom. The summed E-state index contributed by atoms with van der Waals surface area (Å²) in [5.74, 6) is -0.149. The summed E-state index contributed by atoms with van der Waals surface area (Å²) in [4.78, 5) is 24.7. The summed E-state index contributed by atoms with van der Waals surface area (Å²) < 4.78 is 11.1. The topological polar surface area (TPSA) is 198 Å². The fourth-order valence-electron chi connectivity index (χ4n) is 6.89. The van der Waals surface area contributed by atoms with Gasteiger partial charge in [0.25, 0.3) is 0 Å². The normalized spacial score (nSPS) is 21.8. The number of halogens is 1. The summed E-state index contributed by atoms with van der Waals surface area (Å²) >= 11 is 3.38. The van der Waals surface area contributed by atoms with Crippen LogP contribution < -0.4 is 10.6 Å². The number of amides is 2. The molecule has 0 aromatic carbocycles. The molecule has 8 N–H and O–H groups in total. The highest BCUT2D eigenvalue weighted by Gasteiger charge is 2.44. The molecule has 1 aliphatic rings.